The Morgan fingerprint density at radius 2 is 1.67 bits per heavy atom. The third-order valence-electron chi connectivity index (χ3n) is 3.95. The standard InChI is InChI=1S/C12H25N3/c1-10-8-14(2)7-5-12(10)13-11-4-6-15(3)9-11/h10-13H,4-9H2,1-3H3. The van der Waals surface area contributed by atoms with E-state index in [9.17, 15) is 0 Å². The normalized spacial score (nSPS) is 39.8. The van der Waals surface area contributed by atoms with Crippen molar-refractivity contribution in [1.29, 1.82) is 0 Å². The number of nitrogens with one attached hydrogen (secondary N) is 1. The SMILES string of the molecule is CC1CN(C)CCC1NC1CCN(C)C1. The number of hydrogen-bond donors (Lipinski definition) is 1. The molecule has 1 N–H and O–H groups in total. The second-order valence-corrected chi connectivity index (χ2v) is 5.55. The van der Waals surface area contributed by atoms with E-state index < -0.39 is 0 Å². The van der Waals surface area contributed by atoms with E-state index in [2.05, 4.69) is 36.1 Å². The fraction of sp³-hybridized carbons (Fsp3) is 1.00. The zero-order valence-corrected chi connectivity index (χ0v) is 10.4. The van der Waals surface area contributed by atoms with E-state index in [1.807, 2.05) is 0 Å². The van der Waals surface area contributed by atoms with Crippen molar-refractivity contribution >= 4 is 0 Å². The molecule has 3 nitrogen and oxygen atoms in total. The highest BCUT2D eigenvalue weighted by molar-refractivity contribution is 4.87. The van der Waals surface area contributed by atoms with Crippen molar-refractivity contribution in [2.45, 2.75) is 31.8 Å². The van der Waals surface area contributed by atoms with Gasteiger partial charge in [-0.1, -0.05) is 6.92 Å². The Morgan fingerprint density at radius 1 is 1.00 bits per heavy atom. The van der Waals surface area contributed by atoms with Crippen molar-refractivity contribution in [3.63, 3.8) is 0 Å². The molecule has 2 aliphatic heterocycles. The molecular weight excluding hydrogens is 186 g/mol. The Kier molecular flexibility index (Phi) is 3.65. The molecule has 3 heteroatoms. The average Bonchev–Trinajstić information content (AvgIpc) is 2.56. The van der Waals surface area contributed by atoms with Crippen LogP contribution in [-0.4, -0.2) is 62.2 Å². The van der Waals surface area contributed by atoms with Crippen LogP contribution >= 0.6 is 0 Å². The number of rotatable bonds is 2. The maximum Gasteiger partial charge on any atom is 0.0209 e. The molecule has 0 aromatic carbocycles. The Hall–Kier alpha value is -0.120. The molecule has 2 rings (SSSR count). The van der Waals surface area contributed by atoms with Crippen molar-refractivity contribution in [3.05, 3.63) is 0 Å². The van der Waals surface area contributed by atoms with Gasteiger partial charge in [0.2, 0.25) is 0 Å². The Balaban J connectivity index is 1.79. The summed E-state index contributed by atoms with van der Waals surface area (Å²) >= 11 is 0. The number of likely N-dealkylation sites (tertiary alicyclic amines) is 2. The second kappa shape index (κ2) is 4.81. The van der Waals surface area contributed by atoms with Gasteiger partial charge >= 0.3 is 0 Å². The van der Waals surface area contributed by atoms with Crippen molar-refractivity contribution < 1.29 is 0 Å². The molecule has 0 aromatic heterocycles. The van der Waals surface area contributed by atoms with Gasteiger partial charge in [0.1, 0.15) is 0 Å². The summed E-state index contributed by atoms with van der Waals surface area (Å²) in [7, 11) is 4.45. The van der Waals surface area contributed by atoms with Gasteiger partial charge < -0.3 is 15.1 Å². The molecule has 2 aliphatic rings. The van der Waals surface area contributed by atoms with Gasteiger partial charge in [-0.3, -0.25) is 0 Å². The molecule has 2 heterocycles. The van der Waals surface area contributed by atoms with E-state index in [1.165, 1.54) is 39.0 Å². The quantitative estimate of drug-likeness (QED) is 0.722. The van der Waals surface area contributed by atoms with Crippen LogP contribution in [0.5, 0.6) is 0 Å². The van der Waals surface area contributed by atoms with Crippen LogP contribution in [0.25, 0.3) is 0 Å². The smallest absolute Gasteiger partial charge is 0.0209 e. The lowest BCUT2D eigenvalue weighted by Gasteiger charge is -2.36. The van der Waals surface area contributed by atoms with Gasteiger partial charge in [0, 0.05) is 25.2 Å². The van der Waals surface area contributed by atoms with Crippen molar-refractivity contribution in [1.82, 2.24) is 15.1 Å². The average molecular weight is 211 g/mol. The highest BCUT2D eigenvalue weighted by Gasteiger charge is 2.28. The molecule has 0 amide bonds. The van der Waals surface area contributed by atoms with Crippen molar-refractivity contribution in [2.24, 2.45) is 5.92 Å². The first-order valence-corrected chi connectivity index (χ1v) is 6.28. The maximum absolute atomic E-state index is 3.85. The summed E-state index contributed by atoms with van der Waals surface area (Å²) in [4.78, 5) is 4.88. The second-order valence-electron chi connectivity index (χ2n) is 5.55. The summed E-state index contributed by atoms with van der Waals surface area (Å²) in [6.07, 6.45) is 2.65. The lowest BCUT2D eigenvalue weighted by atomic mass is 9.93. The monoisotopic (exact) mass is 211 g/mol. The van der Waals surface area contributed by atoms with Crippen LogP contribution in [0.2, 0.25) is 0 Å². The Bertz CT molecular complexity index is 207. The van der Waals surface area contributed by atoms with Crippen molar-refractivity contribution in [3.8, 4) is 0 Å². The molecule has 0 aromatic rings. The van der Waals surface area contributed by atoms with Crippen LogP contribution in [0.1, 0.15) is 19.8 Å². The van der Waals surface area contributed by atoms with E-state index >= 15 is 0 Å². The van der Waals surface area contributed by atoms with Gasteiger partial charge in [-0.2, -0.15) is 0 Å². The van der Waals surface area contributed by atoms with Gasteiger partial charge in [0.05, 0.1) is 0 Å². The third-order valence-corrected chi connectivity index (χ3v) is 3.95. The molecule has 3 unspecified atom stereocenters. The van der Waals surface area contributed by atoms with E-state index in [-0.39, 0.29) is 0 Å². The summed E-state index contributed by atoms with van der Waals surface area (Å²) in [6.45, 7) is 7.38. The predicted molar refractivity (Wildman–Crippen MR) is 64.1 cm³/mol. The molecule has 88 valence electrons. The molecule has 0 spiro atoms. The predicted octanol–water partition coefficient (Wildman–Crippen LogP) is 0.620. The van der Waals surface area contributed by atoms with Crippen LogP contribution in [-0.2, 0) is 0 Å². The molecule has 2 saturated heterocycles. The first kappa shape index (κ1) is 11.4. The molecule has 2 fully saturated rings. The van der Waals surface area contributed by atoms with Gasteiger partial charge in [-0.05, 0) is 45.9 Å². The lowest BCUT2D eigenvalue weighted by molar-refractivity contribution is 0.166. The Labute approximate surface area is 93.8 Å². The summed E-state index contributed by atoms with van der Waals surface area (Å²) in [6, 6.07) is 1.49. The van der Waals surface area contributed by atoms with Gasteiger partial charge in [-0.25, -0.2) is 0 Å². The number of likely N-dealkylation sites (N-methyl/N-ethyl adjacent to an activating group) is 1. The molecular formula is C12H25N3. The highest BCUT2D eigenvalue weighted by Crippen LogP contribution is 2.18. The summed E-state index contributed by atoms with van der Waals surface area (Å²) < 4.78 is 0. The molecule has 0 saturated carbocycles. The van der Waals surface area contributed by atoms with Crippen LogP contribution in [0.4, 0.5) is 0 Å². The van der Waals surface area contributed by atoms with Crippen LogP contribution < -0.4 is 5.32 Å². The molecule has 0 bridgehead atoms. The van der Waals surface area contributed by atoms with E-state index in [4.69, 9.17) is 0 Å². The minimum atomic E-state index is 0.742. The van der Waals surface area contributed by atoms with Crippen molar-refractivity contribution in [2.75, 3.05) is 40.3 Å². The van der Waals surface area contributed by atoms with Crippen LogP contribution in [0, 0.1) is 5.92 Å². The highest BCUT2D eigenvalue weighted by atomic mass is 15.2. The van der Waals surface area contributed by atoms with Gasteiger partial charge in [0.25, 0.3) is 0 Å². The summed E-state index contributed by atoms with van der Waals surface area (Å²) in [5.41, 5.74) is 0. The molecule has 0 aliphatic carbocycles. The Morgan fingerprint density at radius 3 is 2.27 bits per heavy atom. The summed E-state index contributed by atoms with van der Waals surface area (Å²) in [5.74, 6) is 0.801. The molecule has 0 radical (unpaired) electrons. The molecule has 15 heavy (non-hydrogen) atoms. The topological polar surface area (TPSA) is 18.5 Å². The minimum Gasteiger partial charge on any atom is -0.310 e. The number of nitrogens with zero attached hydrogens (tertiary/aromatic N) is 2. The maximum atomic E-state index is 3.85. The van der Waals surface area contributed by atoms with E-state index in [0.29, 0.717) is 0 Å². The van der Waals surface area contributed by atoms with Crippen LogP contribution in [0.15, 0.2) is 0 Å². The largest absolute Gasteiger partial charge is 0.310 e. The lowest BCUT2D eigenvalue weighted by Crippen LogP contribution is -2.50. The molecule has 3 atom stereocenters. The fourth-order valence-corrected chi connectivity index (χ4v) is 2.98. The fourth-order valence-electron chi connectivity index (χ4n) is 2.98. The number of piperidine rings is 1. The first-order valence-electron chi connectivity index (χ1n) is 6.28. The summed E-state index contributed by atoms with van der Waals surface area (Å²) in [5, 5.41) is 3.85. The van der Waals surface area contributed by atoms with E-state index in [1.54, 1.807) is 0 Å². The number of hydrogen-bond acceptors (Lipinski definition) is 3. The zero-order valence-electron chi connectivity index (χ0n) is 10.4. The zero-order chi connectivity index (χ0) is 10.8. The van der Waals surface area contributed by atoms with E-state index in [0.717, 1.165) is 18.0 Å². The van der Waals surface area contributed by atoms with Crippen LogP contribution in [0.3, 0.4) is 0 Å². The third kappa shape index (κ3) is 2.92. The minimum absolute atomic E-state index is 0.742. The first-order chi connectivity index (χ1) is 7.15. The van der Waals surface area contributed by atoms with Gasteiger partial charge in [0.15, 0.2) is 0 Å². The van der Waals surface area contributed by atoms with Gasteiger partial charge in [-0.15, -0.1) is 0 Å².